The van der Waals surface area contributed by atoms with Gasteiger partial charge < -0.3 is 14.8 Å². The lowest BCUT2D eigenvalue weighted by Gasteiger charge is -2.13. The van der Waals surface area contributed by atoms with Crippen LogP contribution in [0.3, 0.4) is 0 Å². The first-order valence-corrected chi connectivity index (χ1v) is 9.46. The van der Waals surface area contributed by atoms with E-state index >= 15 is 0 Å². The number of hydrogen-bond acceptors (Lipinski definition) is 5. The fraction of sp³-hybridized carbons (Fsp3) is 0.533. The second kappa shape index (κ2) is 7.40. The van der Waals surface area contributed by atoms with Crippen LogP contribution < -0.4 is 14.8 Å². The molecule has 1 heterocycles. The molecule has 1 saturated heterocycles. The van der Waals surface area contributed by atoms with Crippen LogP contribution in [0.2, 0.25) is 5.02 Å². The molecule has 1 atom stereocenters. The van der Waals surface area contributed by atoms with Gasteiger partial charge in [-0.1, -0.05) is 11.6 Å². The smallest absolute Gasteiger partial charge is 0.224 e. The molecule has 1 aromatic rings. The maximum Gasteiger partial charge on any atom is 0.224 e. The minimum Gasteiger partial charge on any atom is -0.495 e. The van der Waals surface area contributed by atoms with Crippen molar-refractivity contribution >= 4 is 33.0 Å². The molecule has 6 nitrogen and oxygen atoms in total. The molecule has 8 heteroatoms. The Labute approximate surface area is 141 Å². The lowest BCUT2D eigenvalue weighted by Crippen LogP contribution is -2.14. The first-order chi connectivity index (χ1) is 10.8. The number of methoxy groups -OCH3 is 2. The highest BCUT2D eigenvalue weighted by atomic mass is 35.5. The van der Waals surface area contributed by atoms with Gasteiger partial charge >= 0.3 is 0 Å². The topological polar surface area (TPSA) is 81.7 Å². The molecule has 1 unspecified atom stereocenters. The molecule has 0 aliphatic carbocycles. The Kier molecular flexibility index (Phi) is 5.75. The molecule has 1 aliphatic heterocycles. The average Bonchev–Trinajstić information content (AvgIpc) is 2.85. The summed E-state index contributed by atoms with van der Waals surface area (Å²) < 4.78 is 33.2. The summed E-state index contributed by atoms with van der Waals surface area (Å²) in [6.45, 7) is 0. The molecular weight excluding hydrogens is 342 g/mol. The van der Waals surface area contributed by atoms with E-state index in [1.54, 1.807) is 12.1 Å². The van der Waals surface area contributed by atoms with Crippen LogP contribution in [0, 0.1) is 5.92 Å². The van der Waals surface area contributed by atoms with Crippen LogP contribution >= 0.6 is 11.6 Å². The van der Waals surface area contributed by atoms with Gasteiger partial charge in [0.25, 0.3) is 0 Å². The Morgan fingerprint density at radius 3 is 2.57 bits per heavy atom. The number of anilines is 1. The molecule has 1 N–H and O–H groups in total. The highest BCUT2D eigenvalue weighted by Crippen LogP contribution is 2.36. The van der Waals surface area contributed by atoms with E-state index in [1.807, 2.05) is 0 Å². The van der Waals surface area contributed by atoms with E-state index in [9.17, 15) is 13.2 Å². The highest BCUT2D eigenvalue weighted by Gasteiger charge is 2.28. The largest absolute Gasteiger partial charge is 0.495 e. The van der Waals surface area contributed by atoms with Crippen LogP contribution in [0.25, 0.3) is 0 Å². The maximum atomic E-state index is 12.1. The molecule has 0 spiro atoms. The van der Waals surface area contributed by atoms with Crippen molar-refractivity contribution in [3.8, 4) is 11.5 Å². The quantitative estimate of drug-likeness (QED) is 0.841. The third-order valence-electron chi connectivity index (χ3n) is 3.85. The zero-order valence-corrected chi connectivity index (χ0v) is 14.7. The van der Waals surface area contributed by atoms with Crippen LogP contribution in [0.5, 0.6) is 11.5 Å². The van der Waals surface area contributed by atoms with E-state index in [0.717, 1.165) is 0 Å². The number of halogens is 1. The van der Waals surface area contributed by atoms with E-state index in [1.165, 1.54) is 14.2 Å². The maximum absolute atomic E-state index is 12.1. The fourth-order valence-electron chi connectivity index (χ4n) is 2.61. The molecule has 1 amide bonds. The predicted molar refractivity (Wildman–Crippen MR) is 89.2 cm³/mol. The average molecular weight is 362 g/mol. The van der Waals surface area contributed by atoms with Gasteiger partial charge in [0.05, 0.1) is 36.4 Å². The Balaban J connectivity index is 1.97. The Morgan fingerprint density at radius 2 is 2.00 bits per heavy atom. The number of benzene rings is 1. The normalized spacial score (nSPS) is 19.3. The summed E-state index contributed by atoms with van der Waals surface area (Å²) in [6.07, 6.45) is 1.44. The van der Waals surface area contributed by atoms with Crippen molar-refractivity contribution in [2.24, 2.45) is 5.92 Å². The number of sulfone groups is 1. The van der Waals surface area contributed by atoms with Gasteiger partial charge in [-0.25, -0.2) is 8.42 Å². The molecular formula is C15H20ClNO5S. The van der Waals surface area contributed by atoms with E-state index in [0.29, 0.717) is 35.1 Å². The molecule has 1 aliphatic rings. The molecule has 128 valence electrons. The number of carbonyl (C=O) groups excluding carboxylic acids is 1. The second-order valence-electron chi connectivity index (χ2n) is 5.54. The SMILES string of the molecule is COc1cc(NC(=O)CCC2CCS(=O)(=O)C2)c(OC)cc1Cl. The molecule has 2 rings (SSSR count). The van der Waals surface area contributed by atoms with Gasteiger partial charge in [0.2, 0.25) is 5.91 Å². The monoisotopic (exact) mass is 361 g/mol. The van der Waals surface area contributed by atoms with Crippen molar-refractivity contribution in [1.29, 1.82) is 0 Å². The zero-order valence-electron chi connectivity index (χ0n) is 13.1. The standard InChI is InChI=1S/C15H20ClNO5S/c1-21-13-8-12(14(22-2)7-11(13)16)17-15(18)4-3-10-5-6-23(19,20)9-10/h7-8,10H,3-6,9H2,1-2H3,(H,17,18). The van der Waals surface area contributed by atoms with E-state index in [4.69, 9.17) is 21.1 Å². The summed E-state index contributed by atoms with van der Waals surface area (Å²) in [5.74, 6) is 1.14. The molecule has 0 radical (unpaired) electrons. The van der Waals surface area contributed by atoms with E-state index < -0.39 is 9.84 Å². The second-order valence-corrected chi connectivity index (χ2v) is 8.18. The summed E-state index contributed by atoms with van der Waals surface area (Å²) >= 11 is 6.02. The third-order valence-corrected chi connectivity index (χ3v) is 5.99. The van der Waals surface area contributed by atoms with Gasteiger partial charge in [-0.2, -0.15) is 0 Å². The fourth-order valence-corrected chi connectivity index (χ4v) is 4.75. The van der Waals surface area contributed by atoms with Crippen molar-refractivity contribution < 1.29 is 22.7 Å². The van der Waals surface area contributed by atoms with Crippen LogP contribution in [0.15, 0.2) is 12.1 Å². The van der Waals surface area contributed by atoms with Crippen molar-refractivity contribution in [3.05, 3.63) is 17.2 Å². The van der Waals surface area contributed by atoms with Gasteiger partial charge in [-0.3, -0.25) is 4.79 Å². The van der Waals surface area contributed by atoms with Gasteiger partial charge in [-0.15, -0.1) is 0 Å². The number of rotatable bonds is 6. The van der Waals surface area contributed by atoms with Gasteiger partial charge in [0, 0.05) is 18.6 Å². The molecule has 1 aromatic carbocycles. The summed E-state index contributed by atoms with van der Waals surface area (Å²) in [5.41, 5.74) is 0.470. The summed E-state index contributed by atoms with van der Waals surface area (Å²) in [5, 5.41) is 3.14. The number of carbonyl (C=O) groups is 1. The van der Waals surface area contributed by atoms with Crippen molar-refractivity contribution in [2.75, 3.05) is 31.0 Å². The molecule has 1 fully saturated rings. The molecule has 0 aromatic heterocycles. The minimum absolute atomic E-state index is 0.0624. The van der Waals surface area contributed by atoms with E-state index in [2.05, 4.69) is 5.32 Å². The number of hydrogen-bond donors (Lipinski definition) is 1. The summed E-state index contributed by atoms with van der Waals surface area (Å²) in [7, 11) is 0.0597. The van der Waals surface area contributed by atoms with Crippen LogP contribution in [-0.2, 0) is 14.6 Å². The van der Waals surface area contributed by atoms with Gasteiger partial charge in [0.15, 0.2) is 9.84 Å². The number of amides is 1. The predicted octanol–water partition coefficient (Wildman–Crippen LogP) is 2.51. The van der Waals surface area contributed by atoms with Crippen molar-refractivity contribution in [1.82, 2.24) is 0 Å². The van der Waals surface area contributed by atoms with E-state index in [-0.39, 0.29) is 29.8 Å². The Morgan fingerprint density at radius 1 is 1.30 bits per heavy atom. The first-order valence-electron chi connectivity index (χ1n) is 7.26. The highest BCUT2D eigenvalue weighted by molar-refractivity contribution is 7.91. The lowest BCUT2D eigenvalue weighted by atomic mass is 10.0. The van der Waals surface area contributed by atoms with Crippen molar-refractivity contribution in [3.63, 3.8) is 0 Å². The number of nitrogens with one attached hydrogen (secondary N) is 1. The summed E-state index contributed by atoms with van der Waals surface area (Å²) in [6, 6.07) is 3.17. The van der Waals surface area contributed by atoms with Crippen molar-refractivity contribution in [2.45, 2.75) is 19.3 Å². The molecule has 23 heavy (non-hydrogen) atoms. The van der Waals surface area contributed by atoms with Crippen LogP contribution in [0.1, 0.15) is 19.3 Å². The Hall–Kier alpha value is -1.47. The van der Waals surface area contributed by atoms with Gasteiger partial charge in [0.1, 0.15) is 11.5 Å². The molecule has 0 saturated carbocycles. The Bertz CT molecular complexity index is 689. The van der Waals surface area contributed by atoms with Crippen LogP contribution in [-0.4, -0.2) is 40.1 Å². The lowest BCUT2D eigenvalue weighted by molar-refractivity contribution is -0.116. The minimum atomic E-state index is -2.91. The summed E-state index contributed by atoms with van der Waals surface area (Å²) in [4.78, 5) is 12.1. The number of ether oxygens (including phenoxy) is 2. The molecule has 0 bridgehead atoms. The first kappa shape index (κ1) is 17.9. The zero-order chi connectivity index (χ0) is 17.0. The van der Waals surface area contributed by atoms with Gasteiger partial charge in [-0.05, 0) is 18.8 Å². The van der Waals surface area contributed by atoms with Crippen LogP contribution in [0.4, 0.5) is 5.69 Å². The third kappa shape index (κ3) is 4.75.